The van der Waals surface area contributed by atoms with E-state index in [4.69, 9.17) is 0 Å². The summed E-state index contributed by atoms with van der Waals surface area (Å²) in [5, 5.41) is 17.0. The standard InChI is InChI=1S/C29H28F3N3O3/c1-2-17-4-3-5-18(8-17)15-33-16-27(36)26(11-19-9-21(31)12-22(32)10-19)35-29(38)24-14-28(37)34-25-7-6-20(30)13-23(24)25/h3-10,12-14,26-27,33,36H,2,11,15-16H2,1H3,(H,34,37)(H,35,38). The molecular weight excluding hydrogens is 495 g/mol. The minimum atomic E-state index is -1.16. The molecule has 0 fully saturated rings. The van der Waals surface area contributed by atoms with E-state index in [1.165, 1.54) is 11.6 Å². The van der Waals surface area contributed by atoms with Crippen molar-refractivity contribution in [3.63, 3.8) is 0 Å². The van der Waals surface area contributed by atoms with Crippen molar-refractivity contribution in [3.05, 3.63) is 117 Å². The van der Waals surface area contributed by atoms with Crippen molar-refractivity contribution in [3.8, 4) is 0 Å². The summed E-state index contributed by atoms with van der Waals surface area (Å²) in [7, 11) is 0. The smallest absolute Gasteiger partial charge is 0.252 e. The summed E-state index contributed by atoms with van der Waals surface area (Å²) in [4.78, 5) is 27.9. The summed E-state index contributed by atoms with van der Waals surface area (Å²) in [6.45, 7) is 2.57. The Hall–Kier alpha value is -3.95. The fraction of sp³-hybridized carbons (Fsp3) is 0.241. The lowest BCUT2D eigenvalue weighted by molar-refractivity contribution is 0.0831. The molecule has 2 atom stereocenters. The van der Waals surface area contributed by atoms with Gasteiger partial charge in [0.1, 0.15) is 17.5 Å². The fourth-order valence-electron chi connectivity index (χ4n) is 4.39. The molecule has 198 valence electrons. The third-order valence-corrected chi connectivity index (χ3v) is 6.29. The quantitative estimate of drug-likeness (QED) is 0.253. The number of H-pyrrole nitrogens is 1. The molecule has 2 unspecified atom stereocenters. The average Bonchev–Trinajstić information content (AvgIpc) is 2.87. The Morgan fingerprint density at radius 3 is 2.39 bits per heavy atom. The van der Waals surface area contributed by atoms with Crippen molar-refractivity contribution >= 4 is 16.8 Å². The highest BCUT2D eigenvalue weighted by molar-refractivity contribution is 6.06. The van der Waals surface area contributed by atoms with E-state index in [0.29, 0.717) is 6.54 Å². The van der Waals surface area contributed by atoms with Crippen molar-refractivity contribution in [2.45, 2.75) is 38.5 Å². The Labute approximate surface area is 217 Å². The molecule has 38 heavy (non-hydrogen) atoms. The van der Waals surface area contributed by atoms with Crippen molar-refractivity contribution in [1.82, 2.24) is 15.6 Å². The van der Waals surface area contributed by atoms with E-state index in [0.717, 1.165) is 48.4 Å². The van der Waals surface area contributed by atoms with E-state index in [-0.39, 0.29) is 35.0 Å². The maximum Gasteiger partial charge on any atom is 0.252 e. The van der Waals surface area contributed by atoms with E-state index < -0.39 is 41.1 Å². The third-order valence-electron chi connectivity index (χ3n) is 6.29. The lowest BCUT2D eigenvalue weighted by Gasteiger charge is -2.25. The second kappa shape index (κ2) is 12.1. The van der Waals surface area contributed by atoms with Gasteiger partial charge in [-0.05, 0) is 59.9 Å². The van der Waals surface area contributed by atoms with E-state index in [1.807, 2.05) is 24.3 Å². The van der Waals surface area contributed by atoms with Gasteiger partial charge in [0.2, 0.25) is 5.56 Å². The van der Waals surface area contributed by atoms with Crippen LogP contribution in [0.4, 0.5) is 13.2 Å². The molecule has 4 aromatic rings. The third kappa shape index (κ3) is 6.87. The number of hydrogen-bond donors (Lipinski definition) is 4. The van der Waals surface area contributed by atoms with E-state index in [1.54, 1.807) is 0 Å². The summed E-state index contributed by atoms with van der Waals surface area (Å²) in [5.41, 5.74) is 2.03. The van der Waals surface area contributed by atoms with Crippen LogP contribution in [0.25, 0.3) is 10.9 Å². The summed E-state index contributed by atoms with van der Waals surface area (Å²) < 4.78 is 41.6. The first kappa shape index (κ1) is 27.1. The van der Waals surface area contributed by atoms with Crippen molar-refractivity contribution in [1.29, 1.82) is 0 Å². The van der Waals surface area contributed by atoms with Gasteiger partial charge in [0, 0.05) is 36.1 Å². The number of halogens is 3. The number of aromatic amines is 1. The molecule has 0 bridgehead atoms. The Balaban J connectivity index is 1.56. The van der Waals surface area contributed by atoms with Crippen LogP contribution in [0.5, 0.6) is 0 Å². The van der Waals surface area contributed by atoms with E-state index >= 15 is 0 Å². The molecule has 3 aromatic carbocycles. The van der Waals surface area contributed by atoms with Gasteiger partial charge in [0.25, 0.3) is 5.91 Å². The zero-order chi connectivity index (χ0) is 27.2. The minimum Gasteiger partial charge on any atom is -0.390 e. The number of carbonyl (C=O) groups is 1. The van der Waals surface area contributed by atoms with Crippen LogP contribution >= 0.6 is 0 Å². The zero-order valence-electron chi connectivity index (χ0n) is 20.7. The van der Waals surface area contributed by atoms with Gasteiger partial charge in [-0.15, -0.1) is 0 Å². The Bertz CT molecular complexity index is 1490. The molecule has 0 radical (unpaired) electrons. The number of fused-ring (bicyclic) bond motifs is 1. The first-order valence-electron chi connectivity index (χ1n) is 12.3. The molecule has 0 spiro atoms. The van der Waals surface area contributed by atoms with Crippen molar-refractivity contribution in [2.75, 3.05) is 6.54 Å². The van der Waals surface area contributed by atoms with Gasteiger partial charge < -0.3 is 20.7 Å². The van der Waals surface area contributed by atoms with E-state index in [2.05, 4.69) is 22.5 Å². The molecular formula is C29H28F3N3O3. The highest BCUT2D eigenvalue weighted by atomic mass is 19.1. The minimum absolute atomic E-state index is 0.0594. The number of rotatable bonds is 10. The van der Waals surface area contributed by atoms with Crippen LogP contribution in [0.2, 0.25) is 0 Å². The number of aromatic nitrogens is 1. The maximum absolute atomic E-state index is 13.9. The summed E-state index contributed by atoms with van der Waals surface area (Å²) in [6.07, 6.45) is -0.371. The van der Waals surface area contributed by atoms with Gasteiger partial charge in [0.15, 0.2) is 0 Å². The molecule has 4 N–H and O–H groups in total. The molecule has 0 aliphatic rings. The van der Waals surface area contributed by atoms with E-state index in [9.17, 15) is 27.9 Å². The SMILES string of the molecule is CCc1cccc(CNCC(O)C(Cc2cc(F)cc(F)c2)NC(=O)c2cc(=O)[nH]c3ccc(F)cc23)c1. The lowest BCUT2D eigenvalue weighted by Crippen LogP contribution is -2.48. The van der Waals surface area contributed by atoms with Gasteiger partial charge in [-0.3, -0.25) is 9.59 Å². The molecule has 0 saturated carbocycles. The summed E-state index contributed by atoms with van der Waals surface area (Å²) in [5.74, 6) is -2.90. The summed E-state index contributed by atoms with van der Waals surface area (Å²) in [6, 6.07) is 14.6. The maximum atomic E-state index is 13.9. The first-order chi connectivity index (χ1) is 18.2. The number of aryl methyl sites for hydroxylation is 1. The topological polar surface area (TPSA) is 94.2 Å². The second-order valence-electron chi connectivity index (χ2n) is 9.17. The highest BCUT2D eigenvalue weighted by Gasteiger charge is 2.24. The monoisotopic (exact) mass is 523 g/mol. The second-order valence-corrected chi connectivity index (χ2v) is 9.17. The van der Waals surface area contributed by atoms with Gasteiger partial charge in [-0.1, -0.05) is 31.2 Å². The van der Waals surface area contributed by atoms with Crippen LogP contribution in [0.1, 0.15) is 34.0 Å². The van der Waals surface area contributed by atoms with Gasteiger partial charge >= 0.3 is 0 Å². The Morgan fingerprint density at radius 1 is 0.921 bits per heavy atom. The molecule has 1 aromatic heterocycles. The molecule has 4 rings (SSSR count). The highest BCUT2D eigenvalue weighted by Crippen LogP contribution is 2.18. The first-order valence-corrected chi connectivity index (χ1v) is 12.3. The van der Waals surface area contributed by atoms with Crippen LogP contribution in [0.3, 0.4) is 0 Å². The number of amides is 1. The normalized spacial score (nSPS) is 12.9. The number of pyridine rings is 1. The van der Waals surface area contributed by atoms with Crippen molar-refractivity contribution < 1.29 is 23.1 Å². The molecule has 6 nitrogen and oxygen atoms in total. The average molecular weight is 524 g/mol. The molecule has 0 aliphatic heterocycles. The van der Waals surface area contributed by atoms with Gasteiger partial charge in [-0.2, -0.15) is 0 Å². The number of hydrogen-bond acceptors (Lipinski definition) is 4. The zero-order valence-corrected chi connectivity index (χ0v) is 20.7. The van der Waals surface area contributed by atoms with Gasteiger partial charge in [-0.25, -0.2) is 13.2 Å². The predicted octanol–water partition coefficient (Wildman–Crippen LogP) is 4.00. The van der Waals surface area contributed by atoms with Gasteiger partial charge in [0.05, 0.1) is 17.7 Å². The molecule has 0 aliphatic carbocycles. The predicted molar refractivity (Wildman–Crippen MR) is 139 cm³/mol. The molecule has 1 heterocycles. The van der Waals surface area contributed by atoms with Crippen LogP contribution in [-0.4, -0.2) is 34.7 Å². The number of carbonyl (C=O) groups excluding carboxylic acids is 1. The van der Waals surface area contributed by atoms with Crippen LogP contribution < -0.4 is 16.2 Å². The fourth-order valence-corrected chi connectivity index (χ4v) is 4.39. The van der Waals surface area contributed by atoms with Crippen LogP contribution in [0, 0.1) is 17.5 Å². The molecule has 9 heteroatoms. The number of benzene rings is 3. The molecule has 1 amide bonds. The number of aliphatic hydroxyl groups excluding tert-OH is 1. The Morgan fingerprint density at radius 2 is 1.66 bits per heavy atom. The van der Waals surface area contributed by atoms with Crippen LogP contribution in [0.15, 0.2) is 71.5 Å². The largest absolute Gasteiger partial charge is 0.390 e. The number of aliphatic hydroxyl groups is 1. The van der Waals surface area contributed by atoms with Crippen molar-refractivity contribution in [2.24, 2.45) is 0 Å². The number of nitrogens with one attached hydrogen (secondary N) is 3. The summed E-state index contributed by atoms with van der Waals surface area (Å²) >= 11 is 0. The van der Waals surface area contributed by atoms with Crippen LogP contribution in [-0.2, 0) is 19.4 Å². The Kier molecular flexibility index (Phi) is 8.60. The lowest BCUT2D eigenvalue weighted by atomic mass is 9.99. The molecule has 0 saturated heterocycles.